The van der Waals surface area contributed by atoms with Crippen molar-refractivity contribution in [2.75, 3.05) is 13.7 Å². The van der Waals surface area contributed by atoms with E-state index < -0.39 is 6.04 Å². The van der Waals surface area contributed by atoms with E-state index in [1.165, 1.54) is 4.90 Å². The molecule has 6 nitrogen and oxygen atoms in total. The summed E-state index contributed by atoms with van der Waals surface area (Å²) in [5.74, 6) is 0.858. The van der Waals surface area contributed by atoms with Gasteiger partial charge in [-0.2, -0.15) is 0 Å². The minimum Gasteiger partial charge on any atom is -0.497 e. The molecule has 0 bridgehead atoms. The van der Waals surface area contributed by atoms with Crippen LogP contribution in [0.3, 0.4) is 0 Å². The number of rotatable bonds is 9. The molecule has 1 N–H and O–H groups in total. The van der Waals surface area contributed by atoms with Gasteiger partial charge in [-0.25, -0.2) is 0 Å². The zero-order chi connectivity index (χ0) is 21.4. The molecule has 29 heavy (non-hydrogen) atoms. The van der Waals surface area contributed by atoms with Gasteiger partial charge in [0.05, 0.1) is 7.11 Å². The molecule has 6 heteroatoms. The molecular formula is C23H30N2O4. The summed E-state index contributed by atoms with van der Waals surface area (Å²) >= 11 is 0. The van der Waals surface area contributed by atoms with Gasteiger partial charge in [-0.3, -0.25) is 9.59 Å². The first-order valence-electron chi connectivity index (χ1n) is 9.72. The lowest BCUT2D eigenvalue weighted by Crippen LogP contribution is -2.50. The summed E-state index contributed by atoms with van der Waals surface area (Å²) in [6.07, 6.45) is 0. The summed E-state index contributed by atoms with van der Waals surface area (Å²) in [6, 6.07) is 14.3. The fraction of sp³-hybridized carbons (Fsp3) is 0.391. The maximum atomic E-state index is 13.0. The van der Waals surface area contributed by atoms with Crippen molar-refractivity contribution in [1.29, 1.82) is 0 Å². The number of carbonyl (C=O) groups excluding carboxylic acids is 2. The Hall–Kier alpha value is -3.02. The number of nitrogens with zero attached hydrogens (tertiary/aromatic N) is 1. The second kappa shape index (κ2) is 10.5. The van der Waals surface area contributed by atoms with Gasteiger partial charge in [-0.05, 0) is 63.1 Å². The van der Waals surface area contributed by atoms with Crippen molar-refractivity contribution in [1.82, 2.24) is 10.2 Å². The highest BCUT2D eigenvalue weighted by Crippen LogP contribution is 2.17. The smallest absolute Gasteiger partial charge is 0.261 e. The highest BCUT2D eigenvalue weighted by atomic mass is 16.5. The molecule has 0 heterocycles. The Morgan fingerprint density at radius 2 is 1.72 bits per heavy atom. The summed E-state index contributed by atoms with van der Waals surface area (Å²) in [6.45, 7) is 7.59. The fourth-order valence-corrected chi connectivity index (χ4v) is 2.89. The zero-order valence-electron chi connectivity index (χ0n) is 17.8. The van der Waals surface area contributed by atoms with Gasteiger partial charge < -0.3 is 19.7 Å². The van der Waals surface area contributed by atoms with Gasteiger partial charge >= 0.3 is 0 Å². The summed E-state index contributed by atoms with van der Waals surface area (Å²) in [5, 5.41) is 2.87. The molecule has 0 spiro atoms. The fourth-order valence-electron chi connectivity index (χ4n) is 2.89. The van der Waals surface area contributed by atoms with Gasteiger partial charge in [0.1, 0.15) is 17.5 Å². The molecule has 0 aliphatic rings. The van der Waals surface area contributed by atoms with Crippen LogP contribution in [0.25, 0.3) is 0 Å². The molecule has 0 aliphatic carbocycles. The summed E-state index contributed by atoms with van der Waals surface area (Å²) in [7, 11) is 1.59. The molecule has 0 saturated carbocycles. The number of ether oxygens (including phenoxy) is 2. The Bertz CT molecular complexity index is 835. The Morgan fingerprint density at radius 3 is 2.38 bits per heavy atom. The van der Waals surface area contributed by atoms with Crippen molar-refractivity contribution in [3.05, 3.63) is 59.7 Å². The SMILES string of the molecule is COc1cccc(CN(C(=O)COc2cccc(C)c2)[C@H](C)C(=O)NC(C)C)c1. The lowest BCUT2D eigenvalue weighted by molar-refractivity contribution is -0.142. The predicted octanol–water partition coefficient (Wildman–Crippen LogP) is 3.32. The van der Waals surface area contributed by atoms with E-state index in [2.05, 4.69) is 5.32 Å². The topological polar surface area (TPSA) is 67.9 Å². The van der Waals surface area contributed by atoms with Gasteiger partial charge in [-0.1, -0.05) is 24.3 Å². The number of carbonyl (C=O) groups is 2. The maximum absolute atomic E-state index is 13.0. The molecule has 1 atom stereocenters. The van der Waals surface area contributed by atoms with Crippen molar-refractivity contribution in [3.63, 3.8) is 0 Å². The number of amides is 2. The van der Waals surface area contributed by atoms with Crippen LogP contribution in [0.5, 0.6) is 11.5 Å². The Labute approximate surface area is 172 Å². The molecule has 2 amide bonds. The third kappa shape index (κ3) is 6.82. The van der Waals surface area contributed by atoms with E-state index in [0.29, 0.717) is 11.5 Å². The van der Waals surface area contributed by atoms with Crippen LogP contribution in [0.2, 0.25) is 0 Å². The average Bonchev–Trinajstić information content (AvgIpc) is 2.69. The Morgan fingerprint density at radius 1 is 1.03 bits per heavy atom. The predicted molar refractivity (Wildman–Crippen MR) is 113 cm³/mol. The minimum absolute atomic E-state index is 0.0118. The van der Waals surface area contributed by atoms with E-state index in [9.17, 15) is 9.59 Å². The number of aryl methyl sites for hydroxylation is 1. The highest BCUT2D eigenvalue weighted by Gasteiger charge is 2.27. The monoisotopic (exact) mass is 398 g/mol. The van der Waals surface area contributed by atoms with Crippen LogP contribution in [-0.2, 0) is 16.1 Å². The molecule has 0 unspecified atom stereocenters. The van der Waals surface area contributed by atoms with Crippen LogP contribution in [0.1, 0.15) is 31.9 Å². The van der Waals surface area contributed by atoms with E-state index >= 15 is 0 Å². The normalized spacial score (nSPS) is 11.7. The van der Waals surface area contributed by atoms with Crippen molar-refractivity contribution in [2.45, 2.75) is 46.3 Å². The van der Waals surface area contributed by atoms with Crippen LogP contribution in [0.4, 0.5) is 0 Å². The van der Waals surface area contributed by atoms with Crippen molar-refractivity contribution >= 4 is 11.8 Å². The second-order valence-corrected chi connectivity index (χ2v) is 7.32. The number of methoxy groups -OCH3 is 1. The summed E-state index contributed by atoms with van der Waals surface area (Å²) in [5.41, 5.74) is 1.92. The lowest BCUT2D eigenvalue weighted by atomic mass is 10.1. The van der Waals surface area contributed by atoms with Gasteiger partial charge in [0, 0.05) is 12.6 Å². The third-order valence-electron chi connectivity index (χ3n) is 4.44. The van der Waals surface area contributed by atoms with Crippen molar-refractivity contribution < 1.29 is 19.1 Å². The first kappa shape index (κ1) is 22.3. The molecular weight excluding hydrogens is 368 g/mol. The quantitative estimate of drug-likeness (QED) is 0.704. The van der Waals surface area contributed by atoms with E-state index in [0.717, 1.165) is 11.1 Å². The maximum Gasteiger partial charge on any atom is 0.261 e. The first-order valence-corrected chi connectivity index (χ1v) is 9.72. The molecule has 0 radical (unpaired) electrons. The first-order chi connectivity index (χ1) is 13.8. The molecule has 0 aliphatic heterocycles. The standard InChI is InChI=1S/C23H30N2O4/c1-16(2)24-23(27)18(4)25(14-19-9-7-10-20(13-19)28-5)22(26)15-29-21-11-6-8-17(3)12-21/h6-13,16,18H,14-15H2,1-5H3,(H,24,27)/t18-/m1/s1. The molecule has 2 aromatic rings. The van der Waals surface area contributed by atoms with E-state index in [1.54, 1.807) is 14.0 Å². The Balaban J connectivity index is 2.17. The van der Waals surface area contributed by atoms with Crippen LogP contribution >= 0.6 is 0 Å². The number of hydrogen-bond acceptors (Lipinski definition) is 4. The van der Waals surface area contributed by atoms with Gasteiger partial charge in [0.25, 0.3) is 5.91 Å². The summed E-state index contributed by atoms with van der Waals surface area (Å²) < 4.78 is 10.9. The number of benzene rings is 2. The van der Waals surface area contributed by atoms with Crippen molar-refractivity contribution in [2.24, 2.45) is 0 Å². The molecule has 2 aromatic carbocycles. The Kier molecular flexibility index (Phi) is 8.07. The molecule has 0 aromatic heterocycles. The van der Waals surface area contributed by atoms with E-state index in [4.69, 9.17) is 9.47 Å². The third-order valence-corrected chi connectivity index (χ3v) is 4.44. The van der Waals surface area contributed by atoms with E-state index in [-0.39, 0.29) is 31.0 Å². The minimum atomic E-state index is -0.641. The van der Waals surface area contributed by atoms with Gasteiger partial charge in [-0.15, -0.1) is 0 Å². The van der Waals surface area contributed by atoms with Crippen molar-refractivity contribution in [3.8, 4) is 11.5 Å². The van der Waals surface area contributed by atoms with E-state index in [1.807, 2.05) is 69.3 Å². The molecule has 2 rings (SSSR count). The van der Waals surface area contributed by atoms with Crippen LogP contribution in [0.15, 0.2) is 48.5 Å². The van der Waals surface area contributed by atoms with Crippen LogP contribution in [0, 0.1) is 6.92 Å². The van der Waals surface area contributed by atoms with Crippen LogP contribution in [-0.4, -0.2) is 42.5 Å². The molecule has 0 fully saturated rings. The molecule has 0 saturated heterocycles. The number of hydrogen-bond donors (Lipinski definition) is 1. The highest BCUT2D eigenvalue weighted by molar-refractivity contribution is 5.88. The average molecular weight is 399 g/mol. The largest absolute Gasteiger partial charge is 0.497 e. The second-order valence-electron chi connectivity index (χ2n) is 7.32. The number of nitrogens with one attached hydrogen (secondary N) is 1. The van der Waals surface area contributed by atoms with Gasteiger partial charge in [0.2, 0.25) is 5.91 Å². The van der Waals surface area contributed by atoms with Crippen LogP contribution < -0.4 is 14.8 Å². The lowest BCUT2D eigenvalue weighted by Gasteiger charge is -2.29. The zero-order valence-corrected chi connectivity index (χ0v) is 17.8. The molecule has 156 valence electrons. The summed E-state index contributed by atoms with van der Waals surface area (Å²) in [4.78, 5) is 27.1. The van der Waals surface area contributed by atoms with Gasteiger partial charge in [0.15, 0.2) is 6.61 Å².